The fourth-order valence-electron chi connectivity index (χ4n) is 1.53. The lowest BCUT2D eigenvalue weighted by Crippen LogP contribution is -2.14. The van der Waals surface area contributed by atoms with Crippen molar-refractivity contribution in [1.82, 2.24) is 9.88 Å². The maximum atomic E-state index is 6.03. The Morgan fingerprint density at radius 1 is 1.58 bits per heavy atom. The van der Waals surface area contributed by atoms with Gasteiger partial charge in [0.2, 0.25) is 0 Å². The summed E-state index contributed by atoms with van der Waals surface area (Å²) in [5.74, 6) is 0. The van der Waals surface area contributed by atoms with Crippen LogP contribution < -0.4 is 0 Å². The van der Waals surface area contributed by atoms with Gasteiger partial charge in [-0.25, -0.2) is 0 Å². The summed E-state index contributed by atoms with van der Waals surface area (Å²) >= 11 is 6.03. The number of pyridine rings is 1. The van der Waals surface area contributed by atoms with Crippen LogP contribution in [0, 0.1) is 0 Å². The number of fused-ring (bicyclic) bond motifs is 1. The Morgan fingerprint density at radius 2 is 2.42 bits per heavy atom. The highest BCUT2D eigenvalue weighted by Gasteiger charge is 2.20. The highest BCUT2D eigenvalue weighted by atomic mass is 35.5. The monoisotopic (exact) mass is 182 g/mol. The molecule has 0 fully saturated rings. The first-order valence-corrected chi connectivity index (χ1v) is 4.53. The molecule has 64 valence electrons. The van der Waals surface area contributed by atoms with Gasteiger partial charge in [-0.2, -0.15) is 0 Å². The van der Waals surface area contributed by atoms with Crippen LogP contribution in [0.4, 0.5) is 0 Å². The van der Waals surface area contributed by atoms with Crippen molar-refractivity contribution < 1.29 is 0 Å². The minimum atomic E-state index is 0.857. The number of aromatic nitrogens is 1. The number of hydrogen-bond donors (Lipinski definition) is 0. The van der Waals surface area contributed by atoms with E-state index in [1.165, 1.54) is 5.56 Å². The average molecular weight is 183 g/mol. The summed E-state index contributed by atoms with van der Waals surface area (Å²) in [6.07, 6.45) is 1.78. The molecule has 0 saturated heterocycles. The van der Waals surface area contributed by atoms with E-state index in [9.17, 15) is 0 Å². The van der Waals surface area contributed by atoms with Gasteiger partial charge in [0.05, 0.1) is 5.69 Å². The predicted molar refractivity (Wildman–Crippen MR) is 49.0 cm³/mol. The van der Waals surface area contributed by atoms with Crippen molar-refractivity contribution in [3.05, 3.63) is 28.5 Å². The van der Waals surface area contributed by atoms with Crippen molar-refractivity contribution >= 4 is 11.6 Å². The normalized spacial score (nSPS) is 16.5. The minimum absolute atomic E-state index is 0.857. The van der Waals surface area contributed by atoms with E-state index in [4.69, 9.17) is 11.6 Å². The third-order valence-electron chi connectivity index (χ3n) is 2.29. The van der Waals surface area contributed by atoms with Gasteiger partial charge in [0.25, 0.3) is 0 Å². The molecule has 2 rings (SSSR count). The summed E-state index contributed by atoms with van der Waals surface area (Å²) in [5.41, 5.74) is 2.35. The molecule has 0 radical (unpaired) electrons. The van der Waals surface area contributed by atoms with Gasteiger partial charge in [0.1, 0.15) is 0 Å². The fourth-order valence-corrected chi connectivity index (χ4v) is 1.75. The van der Waals surface area contributed by atoms with E-state index in [2.05, 4.69) is 16.8 Å². The number of hydrogen-bond acceptors (Lipinski definition) is 2. The maximum Gasteiger partial charge on any atom is 0.0603 e. The Bertz CT molecular complexity index is 299. The molecule has 1 aromatic rings. The van der Waals surface area contributed by atoms with Crippen molar-refractivity contribution in [2.75, 3.05) is 6.54 Å². The zero-order valence-corrected chi connectivity index (χ0v) is 7.80. The molecule has 0 atom stereocenters. The third-order valence-corrected chi connectivity index (χ3v) is 2.64. The van der Waals surface area contributed by atoms with E-state index >= 15 is 0 Å². The lowest BCUT2D eigenvalue weighted by Gasteiger charge is -2.09. The van der Waals surface area contributed by atoms with Crippen molar-refractivity contribution in [2.45, 2.75) is 20.0 Å². The van der Waals surface area contributed by atoms with Gasteiger partial charge in [-0.05, 0) is 12.6 Å². The number of halogens is 1. The first-order valence-electron chi connectivity index (χ1n) is 4.16. The lowest BCUT2D eigenvalue weighted by molar-refractivity contribution is 0.299. The second kappa shape index (κ2) is 3.04. The van der Waals surface area contributed by atoms with Crippen LogP contribution >= 0.6 is 11.6 Å². The molecule has 0 unspecified atom stereocenters. The number of nitrogens with zero attached hydrogens (tertiary/aromatic N) is 2. The van der Waals surface area contributed by atoms with Crippen molar-refractivity contribution in [3.8, 4) is 0 Å². The smallest absolute Gasteiger partial charge is 0.0603 e. The molecule has 0 amide bonds. The second-order valence-electron chi connectivity index (χ2n) is 3.02. The van der Waals surface area contributed by atoms with Gasteiger partial charge in [0.15, 0.2) is 0 Å². The van der Waals surface area contributed by atoms with Gasteiger partial charge in [-0.3, -0.25) is 9.88 Å². The molecule has 1 aliphatic heterocycles. The molecule has 0 aliphatic carbocycles. The van der Waals surface area contributed by atoms with E-state index < -0.39 is 0 Å². The highest BCUT2D eigenvalue weighted by molar-refractivity contribution is 6.31. The molecular weight excluding hydrogens is 172 g/mol. The number of rotatable bonds is 1. The molecule has 0 spiro atoms. The summed E-state index contributed by atoms with van der Waals surface area (Å²) in [7, 11) is 0. The van der Waals surface area contributed by atoms with Crippen molar-refractivity contribution in [1.29, 1.82) is 0 Å². The Labute approximate surface area is 77.2 Å². The Morgan fingerprint density at radius 3 is 3.08 bits per heavy atom. The largest absolute Gasteiger partial charge is 0.293 e. The maximum absolute atomic E-state index is 6.03. The van der Waals surface area contributed by atoms with Crippen molar-refractivity contribution in [2.24, 2.45) is 0 Å². The molecule has 12 heavy (non-hydrogen) atoms. The van der Waals surface area contributed by atoms with E-state index in [0.29, 0.717) is 0 Å². The molecular formula is C9H11ClN2. The van der Waals surface area contributed by atoms with Gasteiger partial charge in [-0.1, -0.05) is 18.5 Å². The quantitative estimate of drug-likeness (QED) is 0.661. The molecule has 0 saturated carbocycles. The van der Waals surface area contributed by atoms with Gasteiger partial charge in [0, 0.05) is 29.9 Å². The Kier molecular flexibility index (Phi) is 2.03. The van der Waals surface area contributed by atoms with Crippen molar-refractivity contribution in [3.63, 3.8) is 0 Å². The minimum Gasteiger partial charge on any atom is -0.293 e. The first kappa shape index (κ1) is 8.02. The summed E-state index contributed by atoms with van der Waals surface area (Å²) in [4.78, 5) is 6.62. The van der Waals surface area contributed by atoms with Crippen LogP contribution in [-0.4, -0.2) is 16.4 Å². The molecule has 1 aromatic heterocycles. The SMILES string of the molecule is CCN1Cc2nccc(Cl)c2C1. The highest BCUT2D eigenvalue weighted by Crippen LogP contribution is 2.26. The van der Waals surface area contributed by atoms with E-state index in [1.54, 1.807) is 6.20 Å². The first-order chi connectivity index (χ1) is 5.81. The standard InChI is InChI=1S/C9H11ClN2/c1-2-12-5-7-8(10)3-4-11-9(7)6-12/h3-4H,2,5-6H2,1H3. The summed E-state index contributed by atoms with van der Waals surface area (Å²) in [5, 5.41) is 0.857. The average Bonchev–Trinajstić information content (AvgIpc) is 2.49. The van der Waals surface area contributed by atoms with Gasteiger partial charge in [-0.15, -0.1) is 0 Å². The molecule has 1 aliphatic rings. The Balaban J connectivity index is 2.35. The fraction of sp³-hybridized carbons (Fsp3) is 0.444. The van der Waals surface area contributed by atoms with Crippen LogP contribution in [-0.2, 0) is 13.1 Å². The Hall–Kier alpha value is -0.600. The lowest BCUT2D eigenvalue weighted by atomic mass is 10.2. The zero-order chi connectivity index (χ0) is 8.55. The van der Waals surface area contributed by atoms with Crippen LogP contribution in [0.25, 0.3) is 0 Å². The molecule has 2 nitrogen and oxygen atoms in total. The van der Waals surface area contributed by atoms with E-state index in [1.807, 2.05) is 6.07 Å². The van der Waals surface area contributed by atoms with Crippen LogP contribution in [0.3, 0.4) is 0 Å². The molecule has 2 heterocycles. The van der Waals surface area contributed by atoms with Gasteiger partial charge < -0.3 is 0 Å². The van der Waals surface area contributed by atoms with E-state index in [0.717, 1.165) is 30.4 Å². The topological polar surface area (TPSA) is 16.1 Å². The summed E-state index contributed by atoms with van der Waals surface area (Å²) in [6, 6.07) is 1.86. The van der Waals surface area contributed by atoms with Gasteiger partial charge >= 0.3 is 0 Å². The molecule has 0 aromatic carbocycles. The predicted octanol–water partition coefficient (Wildman–Crippen LogP) is 2.07. The van der Waals surface area contributed by atoms with Crippen LogP contribution in [0.1, 0.15) is 18.2 Å². The summed E-state index contributed by atoms with van der Waals surface area (Å²) < 4.78 is 0. The molecule has 3 heteroatoms. The van der Waals surface area contributed by atoms with Crippen LogP contribution in [0.2, 0.25) is 5.02 Å². The zero-order valence-electron chi connectivity index (χ0n) is 7.05. The van der Waals surface area contributed by atoms with Crippen LogP contribution in [0.5, 0.6) is 0 Å². The molecule has 0 N–H and O–H groups in total. The summed E-state index contributed by atoms with van der Waals surface area (Å²) in [6.45, 7) is 5.12. The second-order valence-corrected chi connectivity index (χ2v) is 3.43. The molecule has 0 bridgehead atoms. The van der Waals surface area contributed by atoms with Crippen LogP contribution in [0.15, 0.2) is 12.3 Å². The third kappa shape index (κ3) is 1.21. The van der Waals surface area contributed by atoms with E-state index in [-0.39, 0.29) is 0 Å².